The van der Waals surface area contributed by atoms with Gasteiger partial charge in [0.15, 0.2) is 0 Å². The van der Waals surface area contributed by atoms with Gasteiger partial charge >= 0.3 is 0 Å². The predicted octanol–water partition coefficient (Wildman–Crippen LogP) is 0.266. The first-order chi connectivity index (χ1) is 5.54. The zero-order valence-electron chi connectivity index (χ0n) is 7.62. The molecule has 12 heavy (non-hydrogen) atoms. The molecule has 0 aliphatic heterocycles. The van der Waals surface area contributed by atoms with Crippen molar-refractivity contribution in [3.63, 3.8) is 0 Å². The number of ether oxygens (including phenoxy) is 1. The number of aliphatic hydroxyl groups excluding tert-OH is 1. The molecule has 0 bridgehead atoms. The van der Waals surface area contributed by atoms with Gasteiger partial charge in [-0.2, -0.15) is 0 Å². The van der Waals surface area contributed by atoms with E-state index in [1.165, 1.54) is 0 Å². The highest BCUT2D eigenvalue weighted by Gasteiger charge is 1.88. The summed E-state index contributed by atoms with van der Waals surface area (Å²) in [6.07, 6.45) is 1.06. The molecule has 0 rings (SSSR count). The van der Waals surface area contributed by atoms with Crippen LogP contribution in [0.5, 0.6) is 0 Å². The topological polar surface area (TPSA) is 72.6 Å². The predicted molar refractivity (Wildman–Crippen MR) is 47.3 cm³/mol. The lowest BCUT2D eigenvalue weighted by Gasteiger charge is -2.00. The summed E-state index contributed by atoms with van der Waals surface area (Å²) in [7, 11) is 0. The van der Waals surface area contributed by atoms with Crippen molar-refractivity contribution >= 4 is 5.91 Å². The van der Waals surface area contributed by atoms with Crippen molar-refractivity contribution in [1.29, 1.82) is 0 Å². The Balaban J connectivity index is 0. The van der Waals surface area contributed by atoms with Crippen molar-refractivity contribution in [2.45, 2.75) is 13.8 Å². The number of amides is 1. The summed E-state index contributed by atoms with van der Waals surface area (Å²) in [5.41, 5.74) is 4.53. The molecule has 4 heteroatoms. The van der Waals surface area contributed by atoms with E-state index in [1.807, 2.05) is 13.8 Å². The molecule has 0 heterocycles. The zero-order chi connectivity index (χ0) is 9.98. The van der Waals surface area contributed by atoms with Gasteiger partial charge in [0.25, 0.3) is 0 Å². The standard InChI is InChI=1S/C5H12O2.C3H5NO/c1-5(2)3-7-4-6;1-2-3(4)5/h5-6H,3-4H2,1-2H3;2H,1H2,(H2,4,5). The fourth-order valence-corrected chi connectivity index (χ4v) is 0.288. The van der Waals surface area contributed by atoms with Gasteiger partial charge in [-0.15, -0.1) is 0 Å². The van der Waals surface area contributed by atoms with Gasteiger partial charge in [0, 0.05) is 0 Å². The molecule has 0 aromatic rings. The minimum Gasteiger partial charge on any atom is -0.371 e. The Morgan fingerprint density at radius 3 is 2.25 bits per heavy atom. The van der Waals surface area contributed by atoms with Gasteiger partial charge < -0.3 is 15.6 Å². The van der Waals surface area contributed by atoms with Gasteiger partial charge in [-0.1, -0.05) is 20.4 Å². The third-order valence-electron chi connectivity index (χ3n) is 0.744. The summed E-state index contributed by atoms with van der Waals surface area (Å²) < 4.78 is 4.65. The van der Waals surface area contributed by atoms with Crippen LogP contribution >= 0.6 is 0 Å². The Bertz CT molecular complexity index is 123. The first-order valence-electron chi connectivity index (χ1n) is 3.65. The van der Waals surface area contributed by atoms with Gasteiger partial charge in [0.1, 0.15) is 6.79 Å². The van der Waals surface area contributed by atoms with Crippen LogP contribution in [0, 0.1) is 5.92 Å². The highest BCUT2D eigenvalue weighted by molar-refractivity contribution is 5.84. The van der Waals surface area contributed by atoms with Crippen LogP contribution < -0.4 is 5.73 Å². The largest absolute Gasteiger partial charge is 0.371 e. The fraction of sp³-hybridized carbons (Fsp3) is 0.625. The average molecular weight is 175 g/mol. The van der Waals surface area contributed by atoms with Crippen molar-refractivity contribution in [2.75, 3.05) is 13.4 Å². The molecule has 0 atom stereocenters. The highest BCUT2D eigenvalue weighted by Crippen LogP contribution is 1.89. The molecule has 0 unspecified atom stereocenters. The van der Waals surface area contributed by atoms with E-state index in [0.29, 0.717) is 12.5 Å². The second-order valence-electron chi connectivity index (χ2n) is 2.50. The number of rotatable bonds is 4. The maximum absolute atomic E-state index is 9.47. The molecule has 0 aliphatic rings. The molecule has 0 saturated carbocycles. The van der Waals surface area contributed by atoms with Crippen molar-refractivity contribution < 1.29 is 14.6 Å². The van der Waals surface area contributed by atoms with Gasteiger partial charge in [-0.25, -0.2) is 0 Å². The zero-order valence-corrected chi connectivity index (χ0v) is 7.62. The molecule has 0 fully saturated rings. The lowest BCUT2D eigenvalue weighted by Crippen LogP contribution is -2.04. The summed E-state index contributed by atoms with van der Waals surface area (Å²) in [6.45, 7) is 7.66. The molecule has 1 amide bonds. The van der Waals surface area contributed by atoms with Gasteiger partial charge in [-0.05, 0) is 12.0 Å². The Labute approximate surface area is 73.0 Å². The highest BCUT2D eigenvalue weighted by atomic mass is 16.6. The van der Waals surface area contributed by atoms with E-state index < -0.39 is 5.91 Å². The summed E-state index contributed by atoms with van der Waals surface area (Å²) in [6, 6.07) is 0. The second kappa shape index (κ2) is 10.1. The van der Waals surface area contributed by atoms with Gasteiger partial charge in [-0.3, -0.25) is 4.79 Å². The molecule has 4 nitrogen and oxygen atoms in total. The van der Waals surface area contributed by atoms with E-state index in [1.54, 1.807) is 0 Å². The molecule has 0 radical (unpaired) electrons. The van der Waals surface area contributed by atoms with Crippen molar-refractivity contribution in [1.82, 2.24) is 0 Å². The lowest BCUT2D eigenvalue weighted by molar-refractivity contribution is -0.113. The normalized spacial score (nSPS) is 8.67. The SMILES string of the molecule is C=CC(N)=O.CC(C)COCO. The molecular weight excluding hydrogens is 158 g/mol. The van der Waals surface area contributed by atoms with Crippen LogP contribution in [-0.4, -0.2) is 24.4 Å². The minimum absolute atomic E-state index is 0.155. The number of nitrogens with two attached hydrogens (primary N) is 1. The van der Waals surface area contributed by atoms with E-state index in [0.717, 1.165) is 6.08 Å². The third-order valence-corrected chi connectivity index (χ3v) is 0.744. The number of aliphatic hydroxyl groups is 1. The minimum atomic E-state index is -0.481. The Morgan fingerprint density at radius 2 is 2.17 bits per heavy atom. The van der Waals surface area contributed by atoms with Crippen LogP contribution in [0.25, 0.3) is 0 Å². The lowest BCUT2D eigenvalue weighted by atomic mass is 10.2. The number of primary amides is 1. The quantitative estimate of drug-likeness (QED) is 0.475. The molecule has 72 valence electrons. The monoisotopic (exact) mass is 175 g/mol. The molecular formula is C8H17NO3. The maximum atomic E-state index is 9.47. The van der Waals surface area contributed by atoms with Crippen molar-refractivity contribution in [2.24, 2.45) is 11.7 Å². The number of carbonyl (C=O) groups excluding carboxylic acids is 1. The smallest absolute Gasteiger partial charge is 0.240 e. The number of hydrogen-bond acceptors (Lipinski definition) is 3. The van der Waals surface area contributed by atoms with Crippen LogP contribution in [0.1, 0.15) is 13.8 Å². The molecule has 0 spiro atoms. The van der Waals surface area contributed by atoms with Crippen molar-refractivity contribution in [3.05, 3.63) is 12.7 Å². The van der Waals surface area contributed by atoms with E-state index >= 15 is 0 Å². The summed E-state index contributed by atoms with van der Waals surface area (Å²) >= 11 is 0. The van der Waals surface area contributed by atoms with Gasteiger partial charge in [0.2, 0.25) is 5.91 Å². The van der Waals surface area contributed by atoms with E-state index in [2.05, 4.69) is 17.0 Å². The Hall–Kier alpha value is -0.870. The summed E-state index contributed by atoms with van der Waals surface area (Å²) in [4.78, 5) is 9.47. The van der Waals surface area contributed by atoms with Crippen LogP contribution in [0.4, 0.5) is 0 Å². The van der Waals surface area contributed by atoms with Crippen LogP contribution in [0.15, 0.2) is 12.7 Å². The fourth-order valence-electron chi connectivity index (χ4n) is 0.288. The molecule has 3 N–H and O–H groups in total. The average Bonchev–Trinajstić information content (AvgIpc) is 2.02. The van der Waals surface area contributed by atoms with Crippen LogP contribution in [0.3, 0.4) is 0 Å². The van der Waals surface area contributed by atoms with Crippen LogP contribution in [0.2, 0.25) is 0 Å². The second-order valence-corrected chi connectivity index (χ2v) is 2.50. The number of hydrogen-bond donors (Lipinski definition) is 2. The molecule has 0 saturated heterocycles. The Kier molecular flexibility index (Phi) is 11.6. The number of carbonyl (C=O) groups is 1. The van der Waals surface area contributed by atoms with E-state index in [9.17, 15) is 4.79 Å². The first-order valence-corrected chi connectivity index (χ1v) is 3.65. The maximum Gasteiger partial charge on any atom is 0.240 e. The molecule has 0 aromatic carbocycles. The van der Waals surface area contributed by atoms with E-state index in [4.69, 9.17) is 5.11 Å². The first kappa shape index (κ1) is 13.7. The molecule has 0 aliphatic carbocycles. The van der Waals surface area contributed by atoms with Crippen molar-refractivity contribution in [3.8, 4) is 0 Å². The van der Waals surface area contributed by atoms with E-state index in [-0.39, 0.29) is 6.79 Å². The third kappa shape index (κ3) is 22.9. The van der Waals surface area contributed by atoms with Crippen LogP contribution in [-0.2, 0) is 9.53 Å². The molecule has 0 aromatic heterocycles. The summed E-state index contributed by atoms with van der Waals surface area (Å²) in [5.74, 6) is 0.0390. The summed E-state index contributed by atoms with van der Waals surface area (Å²) in [5, 5.41) is 8.09. The van der Waals surface area contributed by atoms with Gasteiger partial charge in [0.05, 0.1) is 6.61 Å². The Morgan fingerprint density at radius 1 is 1.75 bits per heavy atom.